The van der Waals surface area contributed by atoms with Gasteiger partial charge in [-0.3, -0.25) is 9.59 Å². The van der Waals surface area contributed by atoms with Gasteiger partial charge in [-0.05, 0) is 65.6 Å². The fourth-order valence-electron chi connectivity index (χ4n) is 6.20. The van der Waals surface area contributed by atoms with Crippen molar-refractivity contribution in [3.8, 4) is 11.5 Å². The molecule has 2 aromatic rings. The molecule has 0 fully saturated rings. The van der Waals surface area contributed by atoms with E-state index in [2.05, 4.69) is 32.6 Å². The molecule has 7 nitrogen and oxygen atoms in total. The van der Waals surface area contributed by atoms with E-state index in [1.165, 1.54) is 37.4 Å². The molecule has 0 unspecified atom stereocenters. The van der Waals surface area contributed by atoms with Gasteiger partial charge in [0.2, 0.25) is 0 Å². The predicted octanol–water partition coefficient (Wildman–Crippen LogP) is 6.43. The maximum absolute atomic E-state index is 13.7. The van der Waals surface area contributed by atoms with Crippen LogP contribution in [0.5, 0.6) is 11.5 Å². The van der Waals surface area contributed by atoms with Crippen LogP contribution in [-0.4, -0.2) is 39.0 Å². The van der Waals surface area contributed by atoms with Gasteiger partial charge in [-0.1, -0.05) is 45.4 Å². The van der Waals surface area contributed by atoms with E-state index < -0.39 is 16.0 Å². The molecule has 2 aliphatic carbocycles. The number of hydrogen-bond donors (Lipinski definition) is 0. The average molecular weight is 584 g/mol. The van der Waals surface area contributed by atoms with E-state index in [0.29, 0.717) is 47.4 Å². The van der Waals surface area contributed by atoms with Crippen molar-refractivity contribution in [3.05, 3.63) is 75.6 Å². The fraction of sp³-hybridized carbons (Fsp3) is 0.419. The van der Waals surface area contributed by atoms with E-state index in [0.717, 1.165) is 11.4 Å². The van der Waals surface area contributed by atoms with E-state index in [-0.39, 0.29) is 38.8 Å². The Bertz CT molecular complexity index is 1530. The van der Waals surface area contributed by atoms with Crippen LogP contribution in [-0.2, 0) is 19.7 Å². The van der Waals surface area contributed by atoms with Gasteiger partial charge in [-0.15, -0.1) is 0 Å². The lowest BCUT2D eigenvalue weighted by atomic mass is 9.64. The van der Waals surface area contributed by atoms with Crippen molar-refractivity contribution in [3.63, 3.8) is 0 Å². The Morgan fingerprint density at radius 3 is 1.85 bits per heavy atom. The summed E-state index contributed by atoms with van der Waals surface area (Å²) in [6.45, 7) is 8.36. The summed E-state index contributed by atoms with van der Waals surface area (Å²) < 4.78 is 36.9. The smallest absolute Gasteiger partial charge is 0.339 e. The monoisotopic (exact) mass is 583 g/mol. The third kappa shape index (κ3) is 5.07. The summed E-state index contributed by atoms with van der Waals surface area (Å²) in [6, 6.07) is 10.6. The van der Waals surface area contributed by atoms with Crippen LogP contribution in [0.1, 0.15) is 64.9 Å². The largest absolute Gasteiger partial charge is 0.493 e. The summed E-state index contributed by atoms with van der Waals surface area (Å²) in [7, 11) is -0.776. The Hall–Kier alpha value is -3.10. The van der Waals surface area contributed by atoms with Crippen molar-refractivity contribution in [2.45, 2.75) is 64.2 Å². The number of hydrogen-bond acceptors (Lipinski definition) is 7. The van der Waals surface area contributed by atoms with Gasteiger partial charge in [0, 0.05) is 53.4 Å². The third-order valence-electron chi connectivity index (χ3n) is 8.00. The van der Waals surface area contributed by atoms with E-state index in [4.69, 9.17) is 20.5 Å². The summed E-state index contributed by atoms with van der Waals surface area (Å²) in [5, 5.41) is 0.405. The molecule has 2 aromatic carbocycles. The molecular weight excluding hydrogens is 550 g/mol. The number of ketones is 2. The zero-order valence-electron chi connectivity index (χ0n) is 23.6. The Labute approximate surface area is 240 Å². The highest BCUT2D eigenvalue weighted by molar-refractivity contribution is 7.87. The van der Waals surface area contributed by atoms with Crippen LogP contribution in [0.2, 0.25) is 5.02 Å². The molecule has 9 heteroatoms. The second-order valence-electron chi connectivity index (χ2n) is 12.5. The molecule has 1 aliphatic heterocycles. The van der Waals surface area contributed by atoms with Crippen molar-refractivity contribution in [2.75, 3.05) is 14.2 Å². The van der Waals surface area contributed by atoms with Crippen LogP contribution in [0.3, 0.4) is 0 Å². The van der Waals surface area contributed by atoms with Crippen LogP contribution in [0.4, 0.5) is 0 Å². The van der Waals surface area contributed by atoms with Gasteiger partial charge in [0.25, 0.3) is 0 Å². The van der Waals surface area contributed by atoms with E-state index >= 15 is 0 Å². The number of carbonyl (C=O) groups is 2. The minimum atomic E-state index is -4.16. The van der Waals surface area contributed by atoms with Crippen LogP contribution in [0, 0.1) is 10.8 Å². The van der Waals surface area contributed by atoms with Crippen molar-refractivity contribution in [1.82, 2.24) is 4.90 Å². The summed E-state index contributed by atoms with van der Waals surface area (Å²) in [5.41, 5.74) is 3.44. The lowest BCUT2D eigenvalue weighted by Crippen LogP contribution is -2.43. The third-order valence-corrected chi connectivity index (χ3v) is 9.50. The Balaban J connectivity index is 1.63. The molecular formula is C31H34ClNO6S. The summed E-state index contributed by atoms with van der Waals surface area (Å²) in [4.78, 5) is 29.4. The van der Waals surface area contributed by atoms with Crippen molar-refractivity contribution < 1.29 is 26.9 Å². The molecule has 0 atom stereocenters. The fourth-order valence-corrected chi connectivity index (χ4v) is 7.26. The number of nitrogens with zero attached hydrogens (tertiary/aromatic N) is 1. The van der Waals surface area contributed by atoms with Gasteiger partial charge in [0.1, 0.15) is 4.90 Å². The topological polar surface area (TPSA) is 90.0 Å². The number of halogens is 1. The zero-order valence-corrected chi connectivity index (χ0v) is 25.2. The van der Waals surface area contributed by atoms with E-state index in [1.807, 2.05) is 7.05 Å². The second-order valence-corrected chi connectivity index (χ2v) is 14.5. The van der Waals surface area contributed by atoms with Gasteiger partial charge in [0.05, 0.1) is 7.11 Å². The molecule has 3 aliphatic rings. The first kappa shape index (κ1) is 28.4. The van der Waals surface area contributed by atoms with Crippen LogP contribution in [0.15, 0.2) is 69.9 Å². The van der Waals surface area contributed by atoms with Gasteiger partial charge >= 0.3 is 10.1 Å². The number of ether oxygens (including phenoxy) is 1. The van der Waals surface area contributed by atoms with Crippen molar-refractivity contribution >= 4 is 33.3 Å². The highest BCUT2D eigenvalue weighted by atomic mass is 35.5. The number of Topliss-reactive ketones (excluding diaryl/α,β-unsaturated/α-hetero) is 2. The van der Waals surface area contributed by atoms with Gasteiger partial charge < -0.3 is 13.8 Å². The molecule has 0 radical (unpaired) electrons. The predicted molar refractivity (Wildman–Crippen MR) is 153 cm³/mol. The first-order chi connectivity index (χ1) is 18.6. The van der Waals surface area contributed by atoms with E-state index in [9.17, 15) is 18.0 Å². The quantitative estimate of drug-likeness (QED) is 0.375. The highest BCUT2D eigenvalue weighted by Crippen LogP contribution is 2.54. The molecule has 0 saturated heterocycles. The summed E-state index contributed by atoms with van der Waals surface area (Å²) in [5.74, 6) is -0.326. The maximum Gasteiger partial charge on any atom is 0.339 e. The Morgan fingerprint density at radius 1 is 0.825 bits per heavy atom. The molecule has 212 valence electrons. The zero-order chi connectivity index (χ0) is 29.2. The molecule has 1 heterocycles. The first-order valence-corrected chi connectivity index (χ1v) is 15.1. The maximum atomic E-state index is 13.7. The summed E-state index contributed by atoms with van der Waals surface area (Å²) in [6.07, 6.45) is 2.19. The standard InChI is InChI=1S/C31H34ClNO6S/c1-30(2)14-21-28(23(34)16-30)27(29-22(33(21)5)15-31(3,4)17-24(29)35)18-7-12-25(26(13-18)38-6)39-40(36,37)20-10-8-19(32)9-11-20/h7-13,27H,14-17H2,1-6H3. The lowest BCUT2D eigenvalue weighted by Gasteiger charge is -2.47. The molecule has 0 bridgehead atoms. The number of carbonyl (C=O) groups excluding carboxylic acids is 2. The van der Waals surface area contributed by atoms with Crippen LogP contribution in [0.25, 0.3) is 0 Å². The number of allylic oxidation sites excluding steroid dienone is 4. The van der Waals surface area contributed by atoms with Gasteiger partial charge in [-0.2, -0.15) is 8.42 Å². The molecule has 0 saturated carbocycles. The Morgan fingerprint density at radius 2 is 1.35 bits per heavy atom. The number of benzene rings is 2. The average Bonchev–Trinajstić information content (AvgIpc) is 2.84. The molecule has 40 heavy (non-hydrogen) atoms. The summed E-state index contributed by atoms with van der Waals surface area (Å²) >= 11 is 5.90. The molecule has 5 rings (SSSR count). The molecule has 0 N–H and O–H groups in total. The van der Waals surface area contributed by atoms with E-state index in [1.54, 1.807) is 12.1 Å². The minimum Gasteiger partial charge on any atom is -0.493 e. The van der Waals surface area contributed by atoms with Crippen molar-refractivity contribution in [2.24, 2.45) is 10.8 Å². The molecule has 0 amide bonds. The minimum absolute atomic E-state index is 0.00439. The van der Waals surface area contributed by atoms with Gasteiger partial charge in [-0.25, -0.2) is 0 Å². The molecule has 0 aromatic heterocycles. The SMILES string of the molecule is COc1cc(C2C3=C(CC(C)(C)CC3=O)N(C)C3=C2C(=O)CC(C)(C)C3)ccc1OS(=O)(=O)c1ccc(Cl)cc1. The molecule has 0 spiro atoms. The first-order valence-electron chi connectivity index (χ1n) is 13.3. The van der Waals surface area contributed by atoms with Crippen molar-refractivity contribution in [1.29, 1.82) is 0 Å². The lowest BCUT2D eigenvalue weighted by molar-refractivity contribution is -0.119. The van der Waals surface area contributed by atoms with Gasteiger partial charge in [0.15, 0.2) is 23.1 Å². The number of methoxy groups -OCH3 is 1. The van der Waals surface area contributed by atoms with Crippen LogP contribution < -0.4 is 8.92 Å². The Kier molecular flexibility index (Phi) is 6.94. The normalized spacial score (nSPS) is 20.8. The number of rotatable bonds is 5. The second kappa shape index (κ2) is 9.77. The highest BCUT2D eigenvalue weighted by Gasteiger charge is 2.48. The van der Waals surface area contributed by atoms with Crippen LogP contribution >= 0.6 is 11.6 Å².